The fourth-order valence-electron chi connectivity index (χ4n) is 3.52. The second-order valence-electron chi connectivity index (χ2n) is 8.93. The molecule has 218 valence electrons. The van der Waals surface area contributed by atoms with E-state index in [9.17, 15) is 18.0 Å². The summed E-state index contributed by atoms with van der Waals surface area (Å²) < 4.78 is 47.6. The summed E-state index contributed by atoms with van der Waals surface area (Å²) in [5, 5.41) is 2.95. The van der Waals surface area contributed by atoms with E-state index < -0.39 is 11.7 Å². The van der Waals surface area contributed by atoms with Crippen LogP contribution in [0, 0.1) is 0 Å². The molecule has 0 unspecified atom stereocenters. The van der Waals surface area contributed by atoms with Crippen LogP contribution in [-0.4, -0.2) is 81.5 Å². The van der Waals surface area contributed by atoms with Crippen LogP contribution in [0.1, 0.15) is 21.5 Å². The van der Waals surface area contributed by atoms with Crippen molar-refractivity contribution in [3.05, 3.63) is 88.6 Å². The van der Waals surface area contributed by atoms with Crippen LogP contribution >= 0.6 is 11.6 Å². The average molecular weight is 581 g/mol. The number of carbonyl (C=O) groups excluding carboxylic acids is 1. The van der Waals surface area contributed by atoms with E-state index in [-0.39, 0.29) is 22.2 Å². The Morgan fingerprint density at radius 2 is 1.75 bits per heavy atom. The van der Waals surface area contributed by atoms with Crippen LogP contribution in [-0.2, 0) is 17.5 Å². The van der Waals surface area contributed by atoms with Crippen molar-refractivity contribution in [2.24, 2.45) is 0 Å². The van der Waals surface area contributed by atoms with E-state index in [1.807, 2.05) is 37.4 Å². The Balaban J connectivity index is 0.000000235. The molecule has 0 aliphatic carbocycles. The summed E-state index contributed by atoms with van der Waals surface area (Å²) in [6.07, 6.45) is -2.57. The van der Waals surface area contributed by atoms with E-state index in [0.29, 0.717) is 12.9 Å². The number of carbonyl (C=O) groups is 1. The molecule has 1 N–H and O–H groups in total. The highest BCUT2D eigenvalue weighted by molar-refractivity contribution is 6.32. The Bertz CT molecular complexity index is 1140. The molecule has 11 heteroatoms. The van der Waals surface area contributed by atoms with Gasteiger partial charge in [-0.25, -0.2) is 4.98 Å². The number of piperazine rings is 1. The molecule has 0 atom stereocenters. The molecule has 1 aromatic heterocycles. The Kier molecular flexibility index (Phi) is 14.6. The number of ether oxygens (including phenoxy) is 2. The average Bonchev–Trinajstić information content (AvgIpc) is 2.95. The zero-order chi connectivity index (χ0) is 29.4. The smallest absolute Gasteiger partial charge is 0.416 e. The molecule has 1 fully saturated rings. The quantitative estimate of drug-likeness (QED) is 0.346. The van der Waals surface area contributed by atoms with E-state index >= 15 is 0 Å². The van der Waals surface area contributed by atoms with E-state index in [4.69, 9.17) is 21.1 Å². The van der Waals surface area contributed by atoms with Crippen LogP contribution in [0.25, 0.3) is 0 Å². The van der Waals surface area contributed by atoms with Gasteiger partial charge in [-0.3, -0.25) is 9.69 Å². The molecule has 0 spiro atoms. The van der Waals surface area contributed by atoms with Crippen LogP contribution in [0.15, 0.2) is 66.9 Å². The lowest BCUT2D eigenvalue weighted by Gasteiger charge is -2.32. The number of likely N-dealkylation sites (N-methyl/N-ethyl adjacent to an activating group) is 2. The number of halogens is 4. The molecule has 1 saturated heterocycles. The van der Waals surface area contributed by atoms with Crippen LogP contribution in [0.4, 0.5) is 13.2 Å². The Labute approximate surface area is 238 Å². The van der Waals surface area contributed by atoms with Gasteiger partial charge in [0.2, 0.25) is 5.88 Å². The van der Waals surface area contributed by atoms with Crippen molar-refractivity contribution < 1.29 is 27.4 Å². The van der Waals surface area contributed by atoms with Crippen molar-refractivity contribution in [3.63, 3.8) is 0 Å². The van der Waals surface area contributed by atoms with E-state index in [2.05, 4.69) is 27.1 Å². The first-order chi connectivity index (χ1) is 19.2. The zero-order valence-electron chi connectivity index (χ0n) is 23.0. The molecule has 40 heavy (non-hydrogen) atoms. The molecule has 1 aliphatic rings. The van der Waals surface area contributed by atoms with E-state index in [1.54, 1.807) is 7.11 Å². The Hall–Kier alpha value is -3.02. The summed E-state index contributed by atoms with van der Waals surface area (Å²) in [6, 6.07) is 15.8. The number of alkyl halides is 3. The number of nitrogens with one attached hydrogen (secondary N) is 1. The number of pyridine rings is 1. The highest BCUT2D eigenvalue weighted by Gasteiger charge is 2.31. The van der Waals surface area contributed by atoms with Gasteiger partial charge in [-0.2, -0.15) is 13.2 Å². The van der Waals surface area contributed by atoms with Gasteiger partial charge >= 0.3 is 6.18 Å². The maximum atomic E-state index is 12.5. The minimum Gasteiger partial charge on any atom is -0.437 e. The number of nitrogens with zero attached hydrogens (tertiary/aromatic N) is 3. The van der Waals surface area contributed by atoms with Crippen LogP contribution in [0.2, 0.25) is 5.02 Å². The van der Waals surface area contributed by atoms with Gasteiger partial charge in [-0.05, 0) is 50.0 Å². The molecule has 0 bridgehead atoms. The van der Waals surface area contributed by atoms with Crippen molar-refractivity contribution in [1.29, 1.82) is 0 Å². The predicted octanol–water partition coefficient (Wildman–Crippen LogP) is 5.64. The van der Waals surface area contributed by atoms with Gasteiger partial charge in [-0.1, -0.05) is 41.9 Å². The highest BCUT2D eigenvalue weighted by atomic mass is 35.5. The molecule has 0 radical (unpaired) electrons. The first kappa shape index (κ1) is 33.2. The van der Waals surface area contributed by atoms with Crippen LogP contribution in [0.5, 0.6) is 11.6 Å². The van der Waals surface area contributed by atoms with Crippen molar-refractivity contribution in [3.8, 4) is 11.6 Å². The molecule has 0 amide bonds. The SMILES string of the molecule is CNCCN1CCN(C)CC1.COCc1ccccc1.O=Cc1cccnc1Oc1ccc(C(F)(F)F)cc1Cl. The lowest BCUT2D eigenvalue weighted by molar-refractivity contribution is -0.137. The van der Waals surface area contributed by atoms with Gasteiger partial charge in [0.15, 0.2) is 6.29 Å². The normalized spacial score (nSPS) is 13.9. The molecule has 1 aliphatic heterocycles. The number of benzene rings is 2. The minimum absolute atomic E-state index is 0.0125. The lowest BCUT2D eigenvalue weighted by atomic mass is 10.2. The number of methoxy groups -OCH3 is 1. The number of hydrogen-bond acceptors (Lipinski definition) is 7. The monoisotopic (exact) mass is 580 g/mol. The Morgan fingerprint density at radius 1 is 1.05 bits per heavy atom. The van der Waals surface area contributed by atoms with Gasteiger partial charge in [0.1, 0.15) is 5.75 Å². The third-order valence-electron chi connectivity index (χ3n) is 5.82. The molecular weight excluding hydrogens is 545 g/mol. The summed E-state index contributed by atoms with van der Waals surface area (Å²) in [7, 11) is 5.90. The fraction of sp³-hybridized carbons (Fsp3) is 0.379. The van der Waals surface area contributed by atoms with Crippen LogP contribution < -0.4 is 10.1 Å². The zero-order valence-corrected chi connectivity index (χ0v) is 23.7. The fourth-order valence-corrected chi connectivity index (χ4v) is 3.74. The largest absolute Gasteiger partial charge is 0.437 e. The van der Waals surface area contributed by atoms with E-state index in [0.717, 1.165) is 24.7 Å². The minimum atomic E-state index is -4.48. The lowest BCUT2D eigenvalue weighted by Crippen LogP contribution is -2.46. The second kappa shape index (κ2) is 17.6. The van der Waals surface area contributed by atoms with Crippen LogP contribution in [0.3, 0.4) is 0 Å². The predicted molar refractivity (Wildman–Crippen MR) is 151 cm³/mol. The van der Waals surface area contributed by atoms with Crippen molar-refractivity contribution in [1.82, 2.24) is 20.1 Å². The number of rotatable bonds is 8. The topological polar surface area (TPSA) is 66.9 Å². The maximum absolute atomic E-state index is 12.5. The number of aldehydes is 1. The maximum Gasteiger partial charge on any atom is 0.416 e. The highest BCUT2D eigenvalue weighted by Crippen LogP contribution is 2.36. The molecule has 3 aromatic rings. The van der Waals surface area contributed by atoms with Gasteiger partial charge in [0.05, 0.1) is 22.8 Å². The van der Waals surface area contributed by atoms with Gasteiger partial charge in [0, 0.05) is 52.6 Å². The Morgan fingerprint density at radius 3 is 2.33 bits per heavy atom. The summed E-state index contributed by atoms with van der Waals surface area (Å²) in [5.74, 6) is -0.0365. The van der Waals surface area contributed by atoms with Crippen molar-refractivity contribution in [2.45, 2.75) is 12.8 Å². The summed E-state index contributed by atoms with van der Waals surface area (Å²) in [5.41, 5.74) is 0.509. The molecule has 2 heterocycles. The third kappa shape index (κ3) is 12.0. The number of aromatic nitrogens is 1. The number of hydrogen-bond donors (Lipinski definition) is 1. The van der Waals surface area contributed by atoms with Gasteiger partial charge in [0.25, 0.3) is 0 Å². The standard InChI is InChI=1S/C13H7ClF3NO2.C8H19N3.C8H10O/c14-10-6-9(13(15,16)17)3-4-11(10)20-12-8(7-19)2-1-5-18-12;1-9-3-4-11-7-5-10(2)6-8-11;1-9-7-8-5-3-2-4-6-8/h1-7H;9H,3-8H2,1-2H3;2-6H,7H2,1H3. The van der Waals surface area contributed by atoms with E-state index in [1.165, 1.54) is 56.6 Å². The first-order valence-corrected chi connectivity index (χ1v) is 13.1. The second-order valence-corrected chi connectivity index (χ2v) is 9.33. The summed E-state index contributed by atoms with van der Waals surface area (Å²) in [6.45, 7) is 7.94. The molecule has 4 rings (SSSR count). The van der Waals surface area contributed by atoms with Gasteiger partial charge < -0.3 is 19.7 Å². The van der Waals surface area contributed by atoms with Gasteiger partial charge in [-0.15, -0.1) is 0 Å². The van der Waals surface area contributed by atoms with Crippen molar-refractivity contribution >= 4 is 17.9 Å². The summed E-state index contributed by atoms with van der Waals surface area (Å²) in [4.78, 5) is 19.5. The molecular formula is C29H36ClF3N4O3. The molecule has 2 aromatic carbocycles. The first-order valence-electron chi connectivity index (χ1n) is 12.7. The summed E-state index contributed by atoms with van der Waals surface area (Å²) >= 11 is 5.74. The molecule has 0 saturated carbocycles. The van der Waals surface area contributed by atoms with Crippen molar-refractivity contribution in [2.75, 3.05) is 60.5 Å². The molecule has 7 nitrogen and oxygen atoms in total. The third-order valence-corrected chi connectivity index (χ3v) is 6.12.